The van der Waals surface area contributed by atoms with Crippen LogP contribution in [0.25, 0.3) is 5.69 Å². The maximum absolute atomic E-state index is 12.7. The van der Waals surface area contributed by atoms with Crippen molar-refractivity contribution in [2.75, 3.05) is 31.1 Å². The van der Waals surface area contributed by atoms with Crippen LogP contribution >= 0.6 is 23.2 Å². The van der Waals surface area contributed by atoms with Crippen LogP contribution in [0.5, 0.6) is 0 Å². The van der Waals surface area contributed by atoms with Gasteiger partial charge in [-0.2, -0.15) is 9.78 Å². The Balaban J connectivity index is 1.46. The van der Waals surface area contributed by atoms with Crippen LogP contribution in [-0.2, 0) is 6.54 Å². The van der Waals surface area contributed by atoms with E-state index in [2.05, 4.69) is 21.0 Å². The minimum atomic E-state index is -0.299. The maximum Gasteiger partial charge on any atom is 0.292 e. The van der Waals surface area contributed by atoms with Crippen LogP contribution in [0.1, 0.15) is 5.56 Å². The van der Waals surface area contributed by atoms with Gasteiger partial charge in [0.15, 0.2) is 0 Å². The summed E-state index contributed by atoms with van der Waals surface area (Å²) in [6.45, 7) is 4.19. The quantitative estimate of drug-likeness (QED) is 0.649. The number of hydrogen-bond acceptors (Lipinski definition) is 4. The standard InChI is InChI=1S/C21H20Cl2N4O/c22-17-6-4-5-16(13-17)15-25-9-11-26(12-10-25)19-14-24-27(21(28)20(19)23)18-7-2-1-3-8-18/h1-8,13-14H,9-12,15H2. The van der Waals surface area contributed by atoms with Gasteiger partial charge in [0.1, 0.15) is 5.02 Å². The lowest BCUT2D eigenvalue weighted by atomic mass is 10.2. The van der Waals surface area contributed by atoms with Gasteiger partial charge in [0.05, 0.1) is 17.6 Å². The molecule has 144 valence electrons. The Morgan fingerprint density at radius 1 is 0.929 bits per heavy atom. The number of anilines is 1. The number of halogens is 2. The predicted molar refractivity (Wildman–Crippen MR) is 114 cm³/mol. The Kier molecular flexibility index (Phi) is 5.67. The maximum atomic E-state index is 12.7. The summed E-state index contributed by atoms with van der Waals surface area (Å²) in [6, 6.07) is 17.2. The average Bonchev–Trinajstić information content (AvgIpc) is 2.71. The van der Waals surface area contributed by atoms with E-state index in [9.17, 15) is 4.79 Å². The molecule has 2 aromatic carbocycles. The van der Waals surface area contributed by atoms with Gasteiger partial charge < -0.3 is 4.90 Å². The SMILES string of the molecule is O=c1c(Cl)c(N2CCN(Cc3cccc(Cl)c3)CC2)cnn1-c1ccccc1. The largest absolute Gasteiger partial charge is 0.366 e. The number of para-hydroxylation sites is 1. The lowest BCUT2D eigenvalue weighted by Crippen LogP contribution is -2.46. The van der Waals surface area contributed by atoms with Crippen molar-refractivity contribution in [1.82, 2.24) is 14.7 Å². The van der Waals surface area contributed by atoms with Crippen molar-refractivity contribution < 1.29 is 0 Å². The Morgan fingerprint density at radius 3 is 2.39 bits per heavy atom. The highest BCUT2D eigenvalue weighted by Crippen LogP contribution is 2.23. The average molecular weight is 415 g/mol. The van der Waals surface area contributed by atoms with E-state index < -0.39 is 0 Å². The summed E-state index contributed by atoms with van der Waals surface area (Å²) in [6.07, 6.45) is 1.68. The second kappa shape index (κ2) is 8.35. The summed E-state index contributed by atoms with van der Waals surface area (Å²) >= 11 is 12.5. The first-order chi connectivity index (χ1) is 13.6. The van der Waals surface area contributed by atoms with Gasteiger partial charge in [-0.3, -0.25) is 9.69 Å². The first-order valence-corrected chi connectivity index (χ1v) is 9.92. The molecule has 0 atom stereocenters. The van der Waals surface area contributed by atoms with Crippen molar-refractivity contribution in [3.05, 3.63) is 86.8 Å². The van der Waals surface area contributed by atoms with Gasteiger partial charge >= 0.3 is 0 Å². The van der Waals surface area contributed by atoms with E-state index in [1.165, 1.54) is 10.2 Å². The lowest BCUT2D eigenvalue weighted by molar-refractivity contribution is 0.250. The Hall–Kier alpha value is -2.34. The zero-order valence-electron chi connectivity index (χ0n) is 15.3. The van der Waals surface area contributed by atoms with Crippen LogP contribution in [0.4, 0.5) is 5.69 Å². The Morgan fingerprint density at radius 2 is 1.68 bits per heavy atom. The molecule has 0 N–H and O–H groups in total. The number of rotatable bonds is 4. The van der Waals surface area contributed by atoms with Gasteiger partial charge in [-0.05, 0) is 29.8 Å². The highest BCUT2D eigenvalue weighted by molar-refractivity contribution is 6.33. The third-order valence-corrected chi connectivity index (χ3v) is 5.50. The molecule has 1 aliphatic heterocycles. The third-order valence-electron chi connectivity index (χ3n) is 4.91. The predicted octanol–water partition coefficient (Wildman–Crippen LogP) is 3.86. The number of benzene rings is 2. The molecule has 0 unspecified atom stereocenters. The van der Waals surface area contributed by atoms with Crippen LogP contribution < -0.4 is 10.5 Å². The molecule has 2 heterocycles. The molecule has 4 rings (SSSR count). The molecule has 0 spiro atoms. The topological polar surface area (TPSA) is 41.4 Å². The summed E-state index contributed by atoms with van der Waals surface area (Å²) in [7, 11) is 0. The number of aromatic nitrogens is 2. The smallest absolute Gasteiger partial charge is 0.292 e. The van der Waals surface area contributed by atoms with Gasteiger partial charge in [-0.1, -0.05) is 53.5 Å². The van der Waals surface area contributed by atoms with Crippen LogP contribution in [0.3, 0.4) is 0 Å². The monoisotopic (exact) mass is 414 g/mol. The van der Waals surface area contributed by atoms with Gasteiger partial charge in [0.25, 0.3) is 5.56 Å². The zero-order valence-corrected chi connectivity index (χ0v) is 16.8. The summed E-state index contributed by atoms with van der Waals surface area (Å²) in [4.78, 5) is 17.2. The molecule has 1 aliphatic rings. The molecule has 1 fully saturated rings. The number of piperazine rings is 1. The first kappa shape index (κ1) is 19.0. The van der Waals surface area contributed by atoms with E-state index in [1.807, 2.05) is 48.5 Å². The molecule has 0 bridgehead atoms. The fourth-order valence-electron chi connectivity index (χ4n) is 3.44. The molecular formula is C21H20Cl2N4O. The Bertz CT molecular complexity index is 1010. The van der Waals surface area contributed by atoms with Gasteiger partial charge in [-0.25, -0.2) is 0 Å². The summed E-state index contributed by atoms with van der Waals surface area (Å²) in [5.41, 5.74) is 2.30. The molecule has 1 aromatic heterocycles. The Labute approximate surface area is 173 Å². The number of nitrogens with zero attached hydrogens (tertiary/aromatic N) is 4. The van der Waals surface area contributed by atoms with Crippen LogP contribution in [-0.4, -0.2) is 40.9 Å². The third kappa shape index (κ3) is 4.07. The fraction of sp³-hybridized carbons (Fsp3) is 0.238. The molecule has 28 heavy (non-hydrogen) atoms. The molecule has 0 saturated carbocycles. The summed E-state index contributed by atoms with van der Waals surface area (Å²) in [5, 5.41) is 5.30. The van der Waals surface area contributed by atoms with E-state index in [0.717, 1.165) is 37.7 Å². The first-order valence-electron chi connectivity index (χ1n) is 9.17. The van der Waals surface area contributed by atoms with Gasteiger partial charge in [-0.15, -0.1) is 0 Å². The minimum absolute atomic E-state index is 0.210. The van der Waals surface area contributed by atoms with Crippen molar-refractivity contribution in [2.45, 2.75) is 6.54 Å². The van der Waals surface area contributed by atoms with E-state index in [4.69, 9.17) is 23.2 Å². The van der Waals surface area contributed by atoms with Crippen molar-refractivity contribution >= 4 is 28.9 Å². The van der Waals surface area contributed by atoms with Crippen molar-refractivity contribution in [2.24, 2.45) is 0 Å². The molecular weight excluding hydrogens is 395 g/mol. The second-order valence-corrected chi connectivity index (χ2v) is 7.60. The molecule has 0 aliphatic carbocycles. The fourth-order valence-corrected chi connectivity index (χ4v) is 3.90. The van der Waals surface area contributed by atoms with Crippen molar-refractivity contribution in [3.63, 3.8) is 0 Å². The molecule has 1 saturated heterocycles. The molecule has 3 aromatic rings. The van der Waals surface area contributed by atoms with Gasteiger partial charge in [0.2, 0.25) is 0 Å². The second-order valence-electron chi connectivity index (χ2n) is 6.79. The molecule has 0 radical (unpaired) electrons. The number of hydrogen-bond donors (Lipinski definition) is 0. The summed E-state index contributed by atoms with van der Waals surface area (Å²) in [5.74, 6) is 0. The summed E-state index contributed by atoms with van der Waals surface area (Å²) < 4.78 is 1.33. The zero-order chi connectivity index (χ0) is 19.5. The molecule has 7 heteroatoms. The molecule has 0 amide bonds. The lowest BCUT2D eigenvalue weighted by Gasteiger charge is -2.36. The normalized spacial score (nSPS) is 15.0. The highest BCUT2D eigenvalue weighted by atomic mass is 35.5. The van der Waals surface area contributed by atoms with Crippen LogP contribution in [0.15, 0.2) is 65.6 Å². The van der Waals surface area contributed by atoms with E-state index in [1.54, 1.807) is 6.20 Å². The minimum Gasteiger partial charge on any atom is -0.366 e. The van der Waals surface area contributed by atoms with Crippen molar-refractivity contribution in [3.8, 4) is 5.69 Å². The van der Waals surface area contributed by atoms with E-state index in [0.29, 0.717) is 11.4 Å². The van der Waals surface area contributed by atoms with E-state index >= 15 is 0 Å². The van der Waals surface area contributed by atoms with Crippen molar-refractivity contribution in [1.29, 1.82) is 0 Å². The molecule has 5 nitrogen and oxygen atoms in total. The highest BCUT2D eigenvalue weighted by Gasteiger charge is 2.21. The van der Waals surface area contributed by atoms with Crippen LogP contribution in [0.2, 0.25) is 10.0 Å². The van der Waals surface area contributed by atoms with E-state index in [-0.39, 0.29) is 10.6 Å². The van der Waals surface area contributed by atoms with Crippen LogP contribution in [0, 0.1) is 0 Å². The van der Waals surface area contributed by atoms with Gasteiger partial charge in [0, 0.05) is 37.7 Å².